The molecule has 0 saturated carbocycles. The molecule has 8 nitrogen and oxygen atoms in total. The standard InChI is InChI=1S/C25H23ClN2O6/c1-15-12-21(22(33-3)13-19(15)26)28-24(30)18-6-4-5-7-20(18)27-23(29)14-34-25(31)16-8-10-17(32-2)11-9-16/h4-13H,14H2,1-3H3,(H,27,29)(H,28,30). The van der Waals surface area contributed by atoms with E-state index in [-0.39, 0.29) is 16.8 Å². The summed E-state index contributed by atoms with van der Waals surface area (Å²) in [5.41, 5.74) is 1.95. The molecule has 3 aromatic rings. The highest BCUT2D eigenvalue weighted by molar-refractivity contribution is 6.31. The van der Waals surface area contributed by atoms with Crippen LogP contribution < -0.4 is 20.1 Å². The number of methoxy groups -OCH3 is 2. The fraction of sp³-hybridized carbons (Fsp3) is 0.160. The number of amides is 2. The molecule has 0 heterocycles. The average Bonchev–Trinajstić information content (AvgIpc) is 2.85. The molecule has 34 heavy (non-hydrogen) atoms. The highest BCUT2D eigenvalue weighted by Gasteiger charge is 2.17. The summed E-state index contributed by atoms with van der Waals surface area (Å²) in [4.78, 5) is 37.5. The Kier molecular flexibility index (Phi) is 8.10. The number of hydrogen-bond acceptors (Lipinski definition) is 6. The van der Waals surface area contributed by atoms with Crippen LogP contribution in [-0.4, -0.2) is 38.6 Å². The molecule has 2 amide bonds. The lowest BCUT2D eigenvalue weighted by Gasteiger charge is -2.14. The molecule has 0 unspecified atom stereocenters. The first kappa shape index (κ1) is 24.6. The van der Waals surface area contributed by atoms with Gasteiger partial charge in [-0.2, -0.15) is 0 Å². The minimum Gasteiger partial charge on any atom is -0.497 e. The second-order valence-corrected chi connectivity index (χ2v) is 7.56. The van der Waals surface area contributed by atoms with Gasteiger partial charge in [0, 0.05) is 11.1 Å². The van der Waals surface area contributed by atoms with E-state index in [0.29, 0.717) is 22.2 Å². The summed E-state index contributed by atoms with van der Waals surface area (Å²) in [5, 5.41) is 5.88. The summed E-state index contributed by atoms with van der Waals surface area (Å²) < 4.78 is 15.4. The molecule has 0 spiro atoms. The molecule has 9 heteroatoms. The van der Waals surface area contributed by atoms with Crippen molar-refractivity contribution in [2.24, 2.45) is 0 Å². The van der Waals surface area contributed by atoms with Gasteiger partial charge < -0.3 is 24.8 Å². The first-order valence-electron chi connectivity index (χ1n) is 10.2. The third kappa shape index (κ3) is 6.05. The van der Waals surface area contributed by atoms with Crippen LogP contribution in [0.3, 0.4) is 0 Å². The predicted octanol–water partition coefficient (Wildman–Crippen LogP) is 4.71. The minimum atomic E-state index is -0.658. The molecule has 0 radical (unpaired) electrons. The maximum Gasteiger partial charge on any atom is 0.338 e. The number of aryl methyl sites for hydroxylation is 1. The molecule has 0 fully saturated rings. The Bertz CT molecular complexity index is 1210. The van der Waals surface area contributed by atoms with Crippen molar-refractivity contribution in [3.8, 4) is 11.5 Å². The Morgan fingerprint density at radius 2 is 1.59 bits per heavy atom. The van der Waals surface area contributed by atoms with E-state index in [0.717, 1.165) is 5.56 Å². The lowest BCUT2D eigenvalue weighted by molar-refractivity contribution is -0.119. The zero-order chi connectivity index (χ0) is 24.7. The van der Waals surface area contributed by atoms with Crippen molar-refractivity contribution in [2.45, 2.75) is 6.92 Å². The number of benzene rings is 3. The molecule has 0 aliphatic rings. The fourth-order valence-electron chi connectivity index (χ4n) is 3.04. The maximum atomic E-state index is 12.9. The van der Waals surface area contributed by atoms with E-state index in [4.69, 9.17) is 25.8 Å². The number of carbonyl (C=O) groups is 3. The summed E-state index contributed by atoms with van der Waals surface area (Å²) in [5.74, 6) is -0.728. The molecule has 2 N–H and O–H groups in total. The zero-order valence-electron chi connectivity index (χ0n) is 18.8. The van der Waals surface area contributed by atoms with Crippen LogP contribution in [0.1, 0.15) is 26.3 Å². The highest BCUT2D eigenvalue weighted by atomic mass is 35.5. The van der Waals surface area contributed by atoms with Crippen molar-refractivity contribution in [2.75, 3.05) is 31.5 Å². The highest BCUT2D eigenvalue weighted by Crippen LogP contribution is 2.31. The lowest BCUT2D eigenvalue weighted by Crippen LogP contribution is -2.23. The van der Waals surface area contributed by atoms with Gasteiger partial charge >= 0.3 is 5.97 Å². The smallest absolute Gasteiger partial charge is 0.338 e. The second kappa shape index (κ2) is 11.2. The van der Waals surface area contributed by atoms with E-state index in [2.05, 4.69) is 10.6 Å². The van der Waals surface area contributed by atoms with Gasteiger partial charge in [-0.1, -0.05) is 23.7 Å². The first-order chi connectivity index (χ1) is 16.3. The average molecular weight is 483 g/mol. The number of anilines is 2. The summed E-state index contributed by atoms with van der Waals surface area (Å²) in [6.07, 6.45) is 0. The Balaban J connectivity index is 1.66. The van der Waals surface area contributed by atoms with E-state index in [9.17, 15) is 14.4 Å². The van der Waals surface area contributed by atoms with Crippen molar-refractivity contribution in [3.63, 3.8) is 0 Å². The van der Waals surface area contributed by atoms with Gasteiger partial charge in [0.25, 0.3) is 11.8 Å². The quantitative estimate of drug-likeness (QED) is 0.450. The Labute approximate surface area is 201 Å². The Morgan fingerprint density at radius 1 is 0.882 bits per heavy atom. The summed E-state index contributed by atoms with van der Waals surface area (Å²) >= 11 is 6.12. The Morgan fingerprint density at radius 3 is 2.26 bits per heavy atom. The molecule has 3 aromatic carbocycles. The number of carbonyl (C=O) groups excluding carboxylic acids is 3. The topological polar surface area (TPSA) is 103 Å². The van der Waals surface area contributed by atoms with Crippen molar-refractivity contribution in [1.29, 1.82) is 0 Å². The van der Waals surface area contributed by atoms with Gasteiger partial charge in [0.1, 0.15) is 11.5 Å². The van der Waals surface area contributed by atoms with Crippen LogP contribution in [0.4, 0.5) is 11.4 Å². The zero-order valence-corrected chi connectivity index (χ0v) is 19.6. The van der Waals surface area contributed by atoms with Crippen molar-refractivity contribution in [3.05, 3.63) is 82.4 Å². The van der Waals surface area contributed by atoms with Crippen molar-refractivity contribution >= 4 is 40.8 Å². The molecule has 0 saturated heterocycles. The Hall–Kier alpha value is -4.04. The van der Waals surface area contributed by atoms with Gasteiger partial charge in [0.2, 0.25) is 0 Å². The third-order valence-corrected chi connectivity index (χ3v) is 5.24. The largest absolute Gasteiger partial charge is 0.497 e. The number of nitrogens with one attached hydrogen (secondary N) is 2. The number of esters is 1. The minimum absolute atomic E-state index is 0.215. The first-order valence-corrected chi connectivity index (χ1v) is 10.6. The molecule has 176 valence electrons. The molecule has 0 aliphatic heterocycles. The second-order valence-electron chi connectivity index (χ2n) is 7.15. The summed E-state index contributed by atoms with van der Waals surface area (Å²) in [7, 11) is 2.99. The third-order valence-electron chi connectivity index (χ3n) is 4.83. The number of para-hydroxylation sites is 1. The fourth-order valence-corrected chi connectivity index (χ4v) is 3.19. The van der Waals surface area contributed by atoms with Crippen LogP contribution >= 0.6 is 11.6 Å². The SMILES string of the molecule is COc1ccc(C(=O)OCC(=O)Nc2ccccc2C(=O)Nc2cc(C)c(Cl)cc2OC)cc1. The van der Waals surface area contributed by atoms with Gasteiger partial charge in [-0.3, -0.25) is 9.59 Å². The van der Waals surface area contributed by atoms with Crippen LogP contribution in [0.25, 0.3) is 0 Å². The van der Waals surface area contributed by atoms with Crippen LogP contribution in [-0.2, 0) is 9.53 Å². The van der Waals surface area contributed by atoms with Gasteiger partial charge in [-0.05, 0) is 55.0 Å². The van der Waals surface area contributed by atoms with Gasteiger partial charge in [-0.15, -0.1) is 0 Å². The molecule has 0 aliphatic carbocycles. The lowest BCUT2D eigenvalue weighted by atomic mass is 10.1. The van der Waals surface area contributed by atoms with Gasteiger partial charge in [0.05, 0.1) is 36.7 Å². The van der Waals surface area contributed by atoms with E-state index in [1.165, 1.54) is 26.4 Å². The number of ether oxygens (including phenoxy) is 3. The number of halogens is 1. The summed E-state index contributed by atoms with van der Waals surface area (Å²) in [6, 6.07) is 16.1. The van der Waals surface area contributed by atoms with Crippen molar-refractivity contribution < 1.29 is 28.6 Å². The van der Waals surface area contributed by atoms with Crippen LogP contribution in [0, 0.1) is 6.92 Å². The van der Waals surface area contributed by atoms with Crippen LogP contribution in [0.15, 0.2) is 60.7 Å². The van der Waals surface area contributed by atoms with E-state index in [1.54, 1.807) is 55.5 Å². The van der Waals surface area contributed by atoms with Crippen LogP contribution in [0.5, 0.6) is 11.5 Å². The van der Waals surface area contributed by atoms with Crippen LogP contribution in [0.2, 0.25) is 5.02 Å². The number of hydrogen-bond donors (Lipinski definition) is 2. The van der Waals surface area contributed by atoms with Crippen molar-refractivity contribution in [1.82, 2.24) is 0 Å². The maximum absolute atomic E-state index is 12.9. The summed E-state index contributed by atoms with van der Waals surface area (Å²) in [6.45, 7) is 1.28. The normalized spacial score (nSPS) is 10.2. The van der Waals surface area contributed by atoms with Gasteiger partial charge in [-0.25, -0.2) is 4.79 Å². The molecule has 3 rings (SSSR count). The molecular weight excluding hydrogens is 460 g/mol. The monoisotopic (exact) mass is 482 g/mol. The van der Waals surface area contributed by atoms with E-state index >= 15 is 0 Å². The van der Waals surface area contributed by atoms with E-state index < -0.39 is 24.4 Å². The molecule has 0 bridgehead atoms. The molecular formula is C25H23ClN2O6. The van der Waals surface area contributed by atoms with E-state index in [1.807, 2.05) is 0 Å². The molecule has 0 aromatic heterocycles. The van der Waals surface area contributed by atoms with Gasteiger partial charge in [0.15, 0.2) is 6.61 Å². The molecule has 0 atom stereocenters. The number of rotatable bonds is 8. The predicted molar refractivity (Wildman–Crippen MR) is 129 cm³/mol.